The van der Waals surface area contributed by atoms with Crippen LogP contribution in [0, 0.1) is 6.92 Å². The molecule has 0 atom stereocenters. The summed E-state index contributed by atoms with van der Waals surface area (Å²) in [6, 6.07) is 4.16. The van der Waals surface area contributed by atoms with Gasteiger partial charge in [0.2, 0.25) is 0 Å². The van der Waals surface area contributed by atoms with Gasteiger partial charge in [-0.05, 0) is 69.3 Å². The second-order valence-electron chi connectivity index (χ2n) is 3.46. The van der Waals surface area contributed by atoms with Crippen LogP contribution in [-0.2, 0) is 0 Å². The van der Waals surface area contributed by atoms with E-state index in [0.29, 0.717) is 0 Å². The van der Waals surface area contributed by atoms with E-state index < -0.39 is 0 Å². The van der Waals surface area contributed by atoms with Gasteiger partial charge in [0.15, 0.2) is 0 Å². The molecule has 0 heterocycles. The van der Waals surface area contributed by atoms with Crippen molar-refractivity contribution < 1.29 is 5.11 Å². The highest BCUT2D eigenvalue weighted by Crippen LogP contribution is 2.32. The zero-order valence-corrected chi connectivity index (χ0v) is 11.9. The number of hydrogen-bond acceptors (Lipinski definition) is 2. The van der Waals surface area contributed by atoms with Gasteiger partial charge in [0, 0.05) is 22.1 Å². The molecule has 0 aliphatic carbocycles. The first-order valence-corrected chi connectivity index (χ1v) is 6.54. The molecule has 0 aliphatic rings. The number of halogens is 2. The van der Waals surface area contributed by atoms with Crippen LogP contribution in [0.4, 0.5) is 5.69 Å². The van der Waals surface area contributed by atoms with E-state index in [1.54, 1.807) is 0 Å². The molecule has 0 aliphatic heterocycles. The fourth-order valence-corrected chi connectivity index (χ4v) is 3.01. The lowest BCUT2D eigenvalue weighted by Crippen LogP contribution is -2.03. The van der Waals surface area contributed by atoms with Gasteiger partial charge in [-0.1, -0.05) is 0 Å². The Kier molecular flexibility index (Phi) is 5.64. The van der Waals surface area contributed by atoms with Crippen molar-refractivity contribution in [3.05, 3.63) is 26.6 Å². The molecule has 0 saturated carbocycles. The van der Waals surface area contributed by atoms with Crippen LogP contribution in [0.3, 0.4) is 0 Å². The molecular formula is C11H15Br2NO. The highest BCUT2D eigenvalue weighted by Gasteiger charge is 2.04. The third-order valence-electron chi connectivity index (χ3n) is 2.07. The zero-order valence-electron chi connectivity index (χ0n) is 8.69. The first-order valence-electron chi connectivity index (χ1n) is 4.95. The van der Waals surface area contributed by atoms with E-state index in [4.69, 9.17) is 5.11 Å². The minimum atomic E-state index is 0.262. The highest BCUT2D eigenvalue weighted by molar-refractivity contribution is 9.11. The molecule has 0 amide bonds. The summed E-state index contributed by atoms with van der Waals surface area (Å²) in [7, 11) is 0. The van der Waals surface area contributed by atoms with E-state index in [1.807, 2.05) is 0 Å². The van der Waals surface area contributed by atoms with Gasteiger partial charge in [-0.2, -0.15) is 0 Å². The predicted octanol–water partition coefficient (Wildman–Crippen LogP) is 3.70. The minimum Gasteiger partial charge on any atom is -0.396 e. The topological polar surface area (TPSA) is 32.3 Å². The van der Waals surface area contributed by atoms with Crippen LogP contribution in [0.25, 0.3) is 0 Å². The Labute approximate surface area is 107 Å². The summed E-state index contributed by atoms with van der Waals surface area (Å²) in [4.78, 5) is 0. The van der Waals surface area contributed by atoms with E-state index in [2.05, 4.69) is 56.2 Å². The van der Waals surface area contributed by atoms with Crippen LogP contribution in [-0.4, -0.2) is 18.3 Å². The van der Waals surface area contributed by atoms with Gasteiger partial charge in [-0.3, -0.25) is 0 Å². The normalized spacial score (nSPS) is 10.4. The molecular weight excluding hydrogens is 322 g/mol. The molecule has 15 heavy (non-hydrogen) atoms. The Balaban J connectivity index is 2.60. The number of aryl methyl sites for hydroxylation is 1. The third-order valence-corrected chi connectivity index (χ3v) is 3.32. The largest absolute Gasteiger partial charge is 0.396 e. The van der Waals surface area contributed by atoms with Gasteiger partial charge in [-0.15, -0.1) is 0 Å². The van der Waals surface area contributed by atoms with Crippen LogP contribution < -0.4 is 5.32 Å². The predicted molar refractivity (Wildman–Crippen MR) is 71.4 cm³/mol. The summed E-state index contributed by atoms with van der Waals surface area (Å²) in [6.07, 6.45) is 1.82. The second kappa shape index (κ2) is 6.51. The van der Waals surface area contributed by atoms with E-state index in [0.717, 1.165) is 34.0 Å². The van der Waals surface area contributed by atoms with E-state index in [-0.39, 0.29) is 6.61 Å². The molecule has 1 aromatic carbocycles. The molecule has 1 aromatic rings. The van der Waals surface area contributed by atoms with Gasteiger partial charge in [0.05, 0.1) is 5.69 Å². The Morgan fingerprint density at radius 3 is 2.33 bits per heavy atom. The lowest BCUT2D eigenvalue weighted by Gasteiger charge is -2.11. The fourth-order valence-electron chi connectivity index (χ4n) is 1.32. The molecule has 2 nitrogen and oxygen atoms in total. The number of unbranched alkanes of at least 4 members (excludes halogenated alkanes) is 1. The Morgan fingerprint density at radius 1 is 1.20 bits per heavy atom. The number of rotatable bonds is 5. The van der Waals surface area contributed by atoms with E-state index in [9.17, 15) is 0 Å². The second-order valence-corrected chi connectivity index (χ2v) is 5.17. The monoisotopic (exact) mass is 335 g/mol. The van der Waals surface area contributed by atoms with Crippen LogP contribution >= 0.6 is 31.9 Å². The van der Waals surface area contributed by atoms with Crippen LogP contribution in [0.15, 0.2) is 21.1 Å². The number of anilines is 1. The summed E-state index contributed by atoms with van der Waals surface area (Å²) in [5, 5.41) is 12.0. The number of benzene rings is 1. The van der Waals surface area contributed by atoms with Crippen LogP contribution in [0.2, 0.25) is 0 Å². The van der Waals surface area contributed by atoms with Gasteiger partial charge < -0.3 is 10.4 Å². The number of hydrogen-bond donors (Lipinski definition) is 2. The standard InChI is InChI=1S/C11H15Br2NO/c1-8-6-9(12)11(10(13)7-8)14-4-2-3-5-15/h6-7,14-15H,2-5H2,1H3. The van der Waals surface area contributed by atoms with Gasteiger partial charge in [0.1, 0.15) is 0 Å². The first kappa shape index (κ1) is 13.0. The SMILES string of the molecule is Cc1cc(Br)c(NCCCCO)c(Br)c1. The first-order chi connectivity index (χ1) is 7.15. The average Bonchev–Trinajstić information content (AvgIpc) is 2.15. The molecule has 0 aromatic heterocycles. The lowest BCUT2D eigenvalue weighted by molar-refractivity contribution is 0.286. The summed E-state index contributed by atoms with van der Waals surface area (Å²) in [5.74, 6) is 0. The molecule has 84 valence electrons. The van der Waals surface area contributed by atoms with Crippen LogP contribution in [0.1, 0.15) is 18.4 Å². The van der Waals surface area contributed by atoms with Crippen molar-refractivity contribution in [2.45, 2.75) is 19.8 Å². The fraction of sp³-hybridized carbons (Fsp3) is 0.455. The zero-order chi connectivity index (χ0) is 11.3. The maximum Gasteiger partial charge on any atom is 0.0629 e. The molecule has 0 radical (unpaired) electrons. The molecule has 0 unspecified atom stereocenters. The molecule has 0 saturated heterocycles. The van der Waals surface area contributed by atoms with Gasteiger partial charge >= 0.3 is 0 Å². The average molecular weight is 337 g/mol. The van der Waals surface area contributed by atoms with Crippen molar-refractivity contribution in [2.24, 2.45) is 0 Å². The smallest absolute Gasteiger partial charge is 0.0629 e. The van der Waals surface area contributed by atoms with E-state index >= 15 is 0 Å². The Bertz CT molecular complexity index is 305. The van der Waals surface area contributed by atoms with Crippen molar-refractivity contribution in [2.75, 3.05) is 18.5 Å². The molecule has 0 bridgehead atoms. The van der Waals surface area contributed by atoms with Crippen LogP contribution in [0.5, 0.6) is 0 Å². The van der Waals surface area contributed by atoms with E-state index in [1.165, 1.54) is 5.56 Å². The van der Waals surface area contributed by atoms with Gasteiger partial charge in [-0.25, -0.2) is 0 Å². The van der Waals surface area contributed by atoms with Crippen molar-refractivity contribution in [1.29, 1.82) is 0 Å². The van der Waals surface area contributed by atoms with Gasteiger partial charge in [0.25, 0.3) is 0 Å². The third kappa shape index (κ3) is 4.13. The molecule has 2 N–H and O–H groups in total. The van der Waals surface area contributed by atoms with Crippen molar-refractivity contribution in [1.82, 2.24) is 0 Å². The summed E-state index contributed by atoms with van der Waals surface area (Å²) in [5.41, 5.74) is 2.30. The minimum absolute atomic E-state index is 0.262. The number of nitrogens with one attached hydrogen (secondary N) is 1. The molecule has 4 heteroatoms. The van der Waals surface area contributed by atoms with Crippen molar-refractivity contribution in [3.8, 4) is 0 Å². The quantitative estimate of drug-likeness (QED) is 0.803. The molecule has 1 rings (SSSR count). The maximum absolute atomic E-state index is 8.66. The summed E-state index contributed by atoms with van der Waals surface area (Å²) >= 11 is 7.05. The lowest BCUT2D eigenvalue weighted by atomic mass is 10.2. The molecule has 0 spiro atoms. The maximum atomic E-state index is 8.66. The highest BCUT2D eigenvalue weighted by atomic mass is 79.9. The number of aliphatic hydroxyl groups excluding tert-OH is 1. The Hall–Kier alpha value is -0.0600. The molecule has 0 fully saturated rings. The summed E-state index contributed by atoms with van der Waals surface area (Å²) < 4.78 is 2.14. The van der Waals surface area contributed by atoms with Crippen molar-refractivity contribution in [3.63, 3.8) is 0 Å². The Morgan fingerprint density at radius 2 is 1.80 bits per heavy atom. The van der Waals surface area contributed by atoms with Crippen molar-refractivity contribution >= 4 is 37.5 Å². The number of aliphatic hydroxyl groups is 1. The summed E-state index contributed by atoms with van der Waals surface area (Å²) in [6.45, 7) is 3.20.